The lowest BCUT2D eigenvalue weighted by Crippen LogP contribution is -2.56. The van der Waals surface area contributed by atoms with E-state index in [1.165, 1.54) is 13.0 Å². The summed E-state index contributed by atoms with van der Waals surface area (Å²) in [6.45, 7) is 11.7. The summed E-state index contributed by atoms with van der Waals surface area (Å²) < 4.78 is 10.9. The first-order valence-corrected chi connectivity index (χ1v) is 12.2. The van der Waals surface area contributed by atoms with Crippen LogP contribution in [0.15, 0.2) is 23.8 Å². The van der Waals surface area contributed by atoms with Crippen LogP contribution in [0.5, 0.6) is 0 Å². The van der Waals surface area contributed by atoms with Crippen LogP contribution >= 0.6 is 0 Å². The van der Waals surface area contributed by atoms with Crippen molar-refractivity contribution in [1.29, 1.82) is 0 Å². The molecule has 1 aliphatic heterocycles. The number of ketones is 1. The third-order valence-corrected chi connectivity index (χ3v) is 9.28. The molecule has 0 bridgehead atoms. The van der Waals surface area contributed by atoms with E-state index in [1.807, 2.05) is 0 Å². The predicted octanol–water partition coefficient (Wildman–Crippen LogP) is 1.44. The molecule has 8 heteroatoms. The molecule has 34 heavy (non-hydrogen) atoms. The Bertz CT molecular complexity index is 906. The third kappa shape index (κ3) is 3.88. The van der Waals surface area contributed by atoms with E-state index in [9.17, 15) is 30.0 Å². The Labute approximate surface area is 200 Å². The Morgan fingerprint density at radius 3 is 2.59 bits per heavy atom. The van der Waals surface area contributed by atoms with Gasteiger partial charge in [0.1, 0.15) is 18.8 Å². The summed E-state index contributed by atoms with van der Waals surface area (Å²) in [5.41, 5.74) is -0.192. The van der Waals surface area contributed by atoms with Crippen molar-refractivity contribution in [2.45, 2.75) is 95.9 Å². The molecule has 3 fully saturated rings. The van der Waals surface area contributed by atoms with Gasteiger partial charge in [0.05, 0.1) is 12.2 Å². The summed E-state index contributed by atoms with van der Waals surface area (Å²) in [6, 6.07) is 0. The Balaban J connectivity index is 1.51. The number of hydrogen-bond acceptors (Lipinski definition) is 8. The highest BCUT2D eigenvalue weighted by atomic mass is 16.6. The molecule has 1 unspecified atom stereocenters. The summed E-state index contributed by atoms with van der Waals surface area (Å²) in [5, 5.41) is 40.4. The van der Waals surface area contributed by atoms with Gasteiger partial charge in [0.15, 0.2) is 17.5 Å². The number of fused-ring (bicyclic) bond motifs is 2. The van der Waals surface area contributed by atoms with Crippen LogP contribution in [-0.4, -0.2) is 74.9 Å². The van der Waals surface area contributed by atoms with Crippen molar-refractivity contribution in [3.8, 4) is 0 Å². The number of aliphatic hydroxyl groups is 4. The first kappa shape index (κ1) is 25.5. The van der Waals surface area contributed by atoms with Crippen molar-refractivity contribution in [3.63, 3.8) is 0 Å². The van der Waals surface area contributed by atoms with Gasteiger partial charge in [-0.15, -0.1) is 0 Å². The molecule has 4 rings (SSSR count). The van der Waals surface area contributed by atoms with Crippen molar-refractivity contribution in [2.75, 3.05) is 6.61 Å². The number of allylic oxidation sites excluding steroid dienone is 1. The lowest BCUT2D eigenvalue weighted by molar-refractivity contribution is -0.158. The van der Waals surface area contributed by atoms with Crippen LogP contribution in [0.2, 0.25) is 0 Å². The zero-order valence-electron chi connectivity index (χ0n) is 20.5. The van der Waals surface area contributed by atoms with Gasteiger partial charge in [-0.25, -0.2) is 4.79 Å². The predicted molar refractivity (Wildman–Crippen MR) is 122 cm³/mol. The average Bonchev–Trinajstić information content (AvgIpc) is 3.51. The Morgan fingerprint density at radius 2 is 1.94 bits per heavy atom. The molecule has 9 atom stereocenters. The van der Waals surface area contributed by atoms with Crippen molar-refractivity contribution in [2.24, 2.45) is 22.7 Å². The lowest BCUT2D eigenvalue weighted by atomic mass is 9.46. The van der Waals surface area contributed by atoms with E-state index in [4.69, 9.17) is 9.47 Å². The Kier molecular flexibility index (Phi) is 6.39. The van der Waals surface area contributed by atoms with Crippen molar-refractivity contribution >= 4 is 11.8 Å². The molecular weight excluding hydrogens is 440 g/mol. The van der Waals surface area contributed by atoms with Crippen LogP contribution in [0.25, 0.3) is 0 Å². The van der Waals surface area contributed by atoms with Gasteiger partial charge in [-0.05, 0) is 67.8 Å². The highest BCUT2D eigenvalue weighted by Crippen LogP contribution is 2.64. The number of esters is 1. The Morgan fingerprint density at radius 1 is 1.26 bits per heavy atom. The van der Waals surface area contributed by atoms with Crippen LogP contribution in [0.3, 0.4) is 0 Å². The Hall–Kier alpha value is -1.58. The number of aliphatic hydroxyl groups excluding tert-OH is 4. The number of carbonyl (C=O) groups is 2. The summed E-state index contributed by atoms with van der Waals surface area (Å²) in [6.07, 6.45) is -0.142. The second-order valence-corrected chi connectivity index (χ2v) is 11.6. The quantitative estimate of drug-likeness (QED) is 0.256. The van der Waals surface area contributed by atoms with Gasteiger partial charge in [-0.2, -0.15) is 0 Å². The van der Waals surface area contributed by atoms with Crippen molar-refractivity contribution < 1.29 is 39.5 Å². The molecule has 8 nitrogen and oxygen atoms in total. The minimum absolute atomic E-state index is 0.0214. The first-order valence-electron chi connectivity index (χ1n) is 12.2. The molecule has 3 aliphatic carbocycles. The molecule has 2 saturated carbocycles. The van der Waals surface area contributed by atoms with E-state index in [0.717, 1.165) is 24.8 Å². The highest BCUT2D eigenvalue weighted by molar-refractivity contribution is 6.02. The van der Waals surface area contributed by atoms with E-state index >= 15 is 0 Å². The van der Waals surface area contributed by atoms with Gasteiger partial charge in [0, 0.05) is 5.57 Å². The molecule has 4 aliphatic rings. The van der Waals surface area contributed by atoms with E-state index in [1.54, 1.807) is 0 Å². The van der Waals surface area contributed by atoms with Gasteiger partial charge >= 0.3 is 5.97 Å². The van der Waals surface area contributed by atoms with Crippen LogP contribution in [0.4, 0.5) is 0 Å². The van der Waals surface area contributed by atoms with E-state index in [2.05, 4.69) is 27.4 Å². The fraction of sp³-hybridized carbons (Fsp3) is 0.769. The van der Waals surface area contributed by atoms with Gasteiger partial charge < -0.3 is 29.9 Å². The fourth-order valence-corrected chi connectivity index (χ4v) is 6.96. The van der Waals surface area contributed by atoms with Crippen LogP contribution in [-0.2, 0) is 19.1 Å². The minimum Gasteiger partial charge on any atom is -0.459 e. The monoisotopic (exact) mass is 478 g/mol. The summed E-state index contributed by atoms with van der Waals surface area (Å²) in [4.78, 5) is 25.0. The standard InChI is InChI=1S/C26H38O8/c1-13-6-7-17-24(3,4)18(28)8-9-25(17,5)16(13)11-26-19(29)10-15(21(31)22(26)34-26)12-33-23(32)20(30)14(2)27/h10,14,16-18,20-22,27-28,30-31H,1,6-9,11-12H2,2-5H3/t14-,16-,17?,18+,20+,21+,22-,25+,26+/m0/s1. The van der Waals surface area contributed by atoms with Crippen LogP contribution in [0.1, 0.15) is 59.8 Å². The molecule has 1 saturated heterocycles. The maximum absolute atomic E-state index is 13.2. The summed E-state index contributed by atoms with van der Waals surface area (Å²) >= 11 is 0. The largest absolute Gasteiger partial charge is 0.459 e. The van der Waals surface area contributed by atoms with Gasteiger partial charge in [0.2, 0.25) is 0 Å². The molecule has 0 aromatic carbocycles. The van der Waals surface area contributed by atoms with Crippen molar-refractivity contribution in [3.05, 3.63) is 23.8 Å². The van der Waals surface area contributed by atoms with Gasteiger partial charge in [0.25, 0.3) is 0 Å². The molecule has 0 amide bonds. The minimum atomic E-state index is -1.70. The molecule has 190 valence electrons. The molecule has 4 N–H and O–H groups in total. The summed E-state index contributed by atoms with van der Waals surface area (Å²) in [7, 11) is 0. The zero-order chi connectivity index (χ0) is 25.2. The van der Waals surface area contributed by atoms with E-state index < -0.39 is 36.0 Å². The van der Waals surface area contributed by atoms with Gasteiger partial charge in [-0.3, -0.25) is 4.79 Å². The second-order valence-electron chi connectivity index (χ2n) is 11.6. The second kappa shape index (κ2) is 8.52. The third-order valence-electron chi connectivity index (χ3n) is 9.28. The summed E-state index contributed by atoms with van der Waals surface area (Å²) in [5.74, 6) is -0.988. The number of epoxide rings is 1. The molecular formula is C26H38O8. The number of carbonyl (C=O) groups excluding carboxylic acids is 2. The SMILES string of the molecule is C=C1CCC2C(C)(C)[C@H](O)CC[C@]2(C)[C@H]1C[C@]12O[C@H]1[C@H](O)C(COC(=O)[C@H](O)[C@H](C)O)=CC2=O. The zero-order valence-corrected chi connectivity index (χ0v) is 20.5. The van der Waals surface area contributed by atoms with Crippen molar-refractivity contribution in [1.82, 2.24) is 0 Å². The average molecular weight is 479 g/mol. The van der Waals surface area contributed by atoms with Crippen LogP contribution < -0.4 is 0 Å². The molecule has 0 aromatic heterocycles. The molecule has 0 aromatic rings. The smallest absolute Gasteiger partial charge is 0.338 e. The number of hydrogen-bond donors (Lipinski definition) is 4. The van der Waals surface area contributed by atoms with Crippen LogP contribution in [0, 0.1) is 22.7 Å². The first-order chi connectivity index (χ1) is 15.8. The van der Waals surface area contributed by atoms with E-state index in [-0.39, 0.29) is 46.7 Å². The lowest BCUT2D eigenvalue weighted by Gasteiger charge is -2.59. The molecule has 1 heterocycles. The molecule has 0 spiro atoms. The maximum Gasteiger partial charge on any atom is 0.338 e. The normalized spacial score (nSPS) is 42.7. The number of ether oxygens (including phenoxy) is 2. The number of rotatable bonds is 6. The highest BCUT2D eigenvalue weighted by Gasteiger charge is 2.69. The van der Waals surface area contributed by atoms with Gasteiger partial charge in [-0.1, -0.05) is 32.9 Å². The topological polar surface area (TPSA) is 137 Å². The molecule has 0 radical (unpaired) electrons. The maximum atomic E-state index is 13.2. The van der Waals surface area contributed by atoms with E-state index in [0.29, 0.717) is 12.8 Å². The fourth-order valence-electron chi connectivity index (χ4n) is 6.96.